The highest BCUT2D eigenvalue weighted by molar-refractivity contribution is 7.08. The van der Waals surface area contributed by atoms with Gasteiger partial charge >= 0.3 is 0 Å². The third-order valence-electron chi connectivity index (χ3n) is 2.97. The molecule has 0 aliphatic rings. The van der Waals surface area contributed by atoms with Crippen LogP contribution in [0.15, 0.2) is 29.0 Å². The van der Waals surface area contributed by atoms with Crippen LogP contribution in [0, 0.1) is 6.92 Å². The van der Waals surface area contributed by atoms with Gasteiger partial charge in [0.1, 0.15) is 0 Å². The fourth-order valence-corrected chi connectivity index (χ4v) is 2.61. The second kappa shape index (κ2) is 5.75. The SMILES string of the molecule is CNC(=O)c1ccc(N)c(NCc2cscc2C)c1. The number of amides is 1. The summed E-state index contributed by atoms with van der Waals surface area (Å²) in [7, 11) is 1.61. The first-order valence-corrected chi connectivity index (χ1v) is 6.93. The monoisotopic (exact) mass is 275 g/mol. The summed E-state index contributed by atoms with van der Waals surface area (Å²) in [5, 5.41) is 10.1. The van der Waals surface area contributed by atoms with Crippen molar-refractivity contribution in [1.82, 2.24) is 5.32 Å². The van der Waals surface area contributed by atoms with Crippen molar-refractivity contribution >= 4 is 28.6 Å². The average molecular weight is 275 g/mol. The highest BCUT2D eigenvalue weighted by Gasteiger charge is 2.07. The molecule has 0 radical (unpaired) electrons. The number of hydrogen-bond acceptors (Lipinski definition) is 4. The minimum Gasteiger partial charge on any atom is -0.397 e. The first-order valence-electron chi connectivity index (χ1n) is 5.99. The molecule has 0 atom stereocenters. The van der Waals surface area contributed by atoms with Crippen LogP contribution < -0.4 is 16.4 Å². The Labute approximate surface area is 116 Å². The molecular formula is C14H17N3OS. The number of carbonyl (C=O) groups excluding carboxylic acids is 1. The van der Waals surface area contributed by atoms with Crippen LogP contribution in [0.5, 0.6) is 0 Å². The summed E-state index contributed by atoms with van der Waals surface area (Å²) in [6.07, 6.45) is 0. The molecule has 0 fully saturated rings. The quantitative estimate of drug-likeness (QED) is 0.751. The van der Waals surface area contributed by atoms with E-state index in [2.05, 4.69) is 28.3 Å². The summed E-state index contributed by atoms with van der Waals surface area (Å²) in [5.74, 6) is -0.116. The van der Waals surface area contributed by atoms with Gasteiger partial charge < -0.3 is 16.4 Å². The Kier molecular flexibility index (Phi) is 4.06. The number of rotatable bonds is 4. The molecule has 0 saturated carbocycles. The van der Waals surface area contributed by atoms with Crippen molar-refractivity contribution in [2.45, 2.75) is 13.5 Å². The van der Waals surface area contributed by atoms with Gasteiger partial charge in [-0.2, -0.15) is 11.3 Å². The molecule has 100 valence electrons. The number of aryl methyl sites for hydroxylation is 1. The zero-order chi connectivity index (χ0) is 13.8. The van der Waals surface area contributed by atoms with Gasteiger partial charge in [0.05, 0.1) is 11.4 Å². The van der Waals surface area contributed by atoms with Crippen LogP contribution in [0.1, 0.15) is 21.5 Å². The van der Waals surface area contributed by atoms with E-state index in [1.807, 2.05) is 0 Å². The van der Waals surface area contributed by atoms with Gasteiger partial charge in [-0.1, -0.05) is 0 Å². The van der Waals surface area contributed by atoms with E-state index in [1.165, 1.54) is 11.1 Å². The number of anilines is 2. The van der Waals surface area contributed by atoms with Crippen molar-refractivity contribution < 1.29 is 4.79 Å². The van der Waals surface area contributed by atoms with Crippen LogP contribution in [0.2, 0.25) is 0 Å². The maximum Gasteiger partial charge on any atom is 0.251 e. The Morgan fingerprint density at radius 1 is 1.37 bits per heavy atom. The summed E-state index contributed by atoms with van der Waals surface area (Å²) in [5.41, 5.74) is 10.4. The zero-order valence-electron chi connectivity index (χ0n) is 11.0. The van der Waals surface area contributed by atoms with E-state index in [4.69, 9.17) is 5.73 Å². The normalized spacial score (nSPS) is 10.2. The van der Waals surface area contributed by atoms with Gasteiger partial charge in [-0.05, 0) is 47.0 Å². The van der Waals surface area contributed by atoms with Crippen molar-refractivity contribution in [3.8, 4) is 0 Å². The predicted octanol–water partition coefficient (Wildman–Crippen LogP) is 2.61. The fourth-order valence-electron chi connectivity index (χ4n) is 1.75. The Hall–Kier alpha value is -2.01. The highest BCUT2D eigenvalue weighted by Crippen LogP contribution is 2.22. The van der Waals surface area contributed by atoms with E-state index >= 15 is 0 Å². The molecule has 0 aliphatic carbocycles. The molecule has 1 aromatic carbocycles. The van der Waals surface area contributed by atoms with E-state index < -0.39 is 0 Å². The number of hydrogen-bond donors (Lipinski definition) is 3. The lowest BCUT2D eigenvalue weighted by molar-refractivity contribution is 0.0963. The molecule has 0 aliphatic heterocycles. The standard InChI is InChI=1S/C14H17N3OS/c1-9-7-19-8-11(9)6-17-13-5-10(14(18)16-2)3-4-12(13)15/h3-5,7-8,17H,6,15H2,1-2H3,(H,16,18). The summed E-state index contributed by atoms with van der Waals surface area (Å²) in [6, 6.07) is 5.23. The largest absolute Gasteiger partial charge is 0.397 e. The molecule has 0 saturated heterocycles. The van der Waals surface area contributed by atoms with Crippen molar-refractivity contribution in [3.05, 3.63) is 45.6 Å². The summed E-state index contributed by atoms with van der Waals surface area (Å²) in [6.45, 7) is 2.79. The maximum atomic E-state index is 11.6. The Morgan fingerprint density at radius 2 is 2.16 bits per heavy atom. The second-order valence-corrected chi connectivity index (χ2v) is 5.06. The van der Waals surface area contributed by atoms with E-state index in [0.29, 0.717) is 17.8 Å². The van der Waals surface area contributed by atoms with Crippen LogP contribution in [-0.4, -0.2) is 13.0 Å². The smallest absolute Gasteiger partial charge is 0.251 e. The first-order chi connectivity index (χ1) is 9.11. The average Bonchev–Trinajstić information content (AvgIpc) is 2.82. The fraction of sp³-hybridized carbons (Fsp3) is 0.214. The molecule has 1 amide bonds. The molecule has 0 bridgehead atoms. The van der Waals surface area contributed by atoms with Gasteiger partial charge in [0.15, 0.2) is 0 Å². The van der Waals surface area contributed by atoms with Gasteiger partial charge in [0, 0.05) is 19.2 Å². The van der Waals surface area contributed by atoms with Crippen molar-refractivity contribution in [2.24, 2.45) is 0 Å². The Morgan fingerprint density at radius 3 is 2.79 bits per heavy atom. The van der Waals surface area contributed by atoms with Crippen LogP contribution >= 0.6 is 11.3 Å². The van der Waals surface area contributed by atoms with Crippen LogP contribution in [-0.2, 0) is 6.54 Å². The Balaban J connectivity index is 2.15. The molecule has 1 heterocycles. The van der Waals surface area contributed by atoms with Gasteiger partial charge in [0.2, 0.25) is 0 Å². The number of nitrogens with two attached hydrogens (primary N) is 1. The molecule has 1 aromatic heterocycles. The van der Waals surface area contributed by atoms with Gasteiger partial charge in [-0.15, -0.1) is 0 Å². The third kappa shape index (κ3) is 3.06. The van der Waals surface area contributed by atoms with E-state index in [-0.39, 0.29) is 5.91 Å². The molecule has 5 heteroatoms. The van der Waals surface area contributed by atoms with Gasteiger partial charge in [-0.3, -0.25) is 4.79 Å². The van der Waals surface area contributed by atoms with Gasteiger partial charge in [-0.25, -0.2) is 0 Å². The van der Waals surface area contributed by atoms with Crippen molar-refractivity contribution in [2.75, 3.05) is 18.1 Å². The van der Waals surface area contributed by atoms with Crippen molar-refractivity contribution in [1.29, 1.82) is 0 Å². The molecule has 0 unspecified atom stereocenters. The van der Waals surface area contributed by atoms with Crippen LogP contribution in [0.25, 0.3) is 0 Å². The highest BCUT2D eigenvalue weighted by atomic mass is 32.1. The summed E-state index contributed by atoms with van der Waals surface area (Å²) < 4.78 is 0. The van der Waals surface area contributed by atoms with Crippen LogP contribution in [0.3, 0.4) is 0 Å². The minimum absolute atomic E-state index is 0.116. The summed E-state index contributed by atoms with van der Waals surface area (Å²) in [4.78, 5) is 11.6. The molecule has 19 heavy (non-hydrogen) atoms. The van der Waals surface area contributed by atoms with Crippen molar-refractivity contribution in [3.63, 3.8) is 0 Å². The number of benzene rings is 1. The lowest BCUT2D eigenvalue weighted by Crippen LogP contribution is -2.18. The molecular weight excluding hydrogens is 258 g/mol. The first kappa shape index (κ1) is 13.4. The minimum atomic E-state index is -0.116. The summed E-state index contributed by atoms with van der Waals surface area (Å²) >= 11 is 1.68. The molecule has 2 rings (SSSR count). The topological polar surface area (TPSA) is 67.2 Å². The zero-order valence-corrected chi connectivity index (χ0v) is 11.8. The number of nitrogens with one attached hydrogen (secondary N) is 2. The van der Waals surface area contributed by atoms with E-state index in [1.54, 1.807) is 36.6 Å². The molecule has 4 nitrogen and oxygen atoms in total. The molecule has 0 spiro atoms. The van der Waals surface area contributed by atoms with Gasteiger partial charge in [0.25, 0.3) is 5.91 Å². The Bertz CT molecular complexity index is 592. The molecule has 2 aromatic rings. The number of thiophene rings is 1. The number of carbonyl (C=O) groups is 1. The number of nitrogen functional groups attached to an aromatic ring is 1. The van der Waals surface area contributed by atoms with E-state index in [0.717, 1.165) is 5.69 Å². The third-order valence-corrected chi connectivity index (χ3v) is 3.88. The van der Waals surface area contributed by atoms with E-state index in [9.17, 15) is 4.79 Å². The lowest BCUT2D eigenvalue weighted by atomic mass is 10.1. The second-order valence-electron chi connectivity index (χ2n) is 4.31. The molecule has 4 N–H and O–H groups in total. The maximum absolute atomic E-state index is 11.6. The van der Waals surface area contributed by atoms with Crippen LogP contribution in [0.4, 0.5) is 11.4 Å². The lowest BCUT2D eigenvalue weighted by Gasteiger charge is -2.11. The predicted molar refractivity (Wildman–Crippen MR) is 80.6 cm³/mol.